The van der Waals surface area contributed by atoms with E-state index in [0.29, 0.717) is 0 Å². The van der Waals surface area contributed by atoms with E-state index in [9.17, 15) is 0 Å². The third-order valence-corrected chi connectivity index (χ3v) is 9.59. The van der Waals surface area contributed by atoms with Gasteiger partial charge in [0.05, 0.1) is 5.52 Å². The first-order valence-corrected chi connectivity index (χ1v) is 16.4. The highest BCUT2D eigenvalue weighted by Gasteiger charge is 2.16. The van der Waals surface area contributed by atoms with Crippen LogP contribution in [0.15, 0.2) is 165 Å². The van der Waals surface area contributed by atoms with Crippen LogP contribution in [0.5, 0.6) is 0 Å². The minimum absolute atomic E-state index is 0.742. The lowest BCUT2D eigenvalue weighted by Crippen LogP contribution is -1.92. The predicted octanol–water partition coefficient (Wildman–Crippen LogP) is 10.8. The first-order valence-electron chi connectivity index (χ1n) is 16.4. The second kappa shape index (κ2) is 10.9. The second-order valence-electron chi connectivity index (χ2n) is 12.4. The zero-order valence-electron chi connectivity index (χ0n) is 26.3. The van der Waals surface area contributed by atoms with Crippen LogP contribution in [0, 0.1) is 0 Å². The lowest BCUT2D eigenvalue weighted by atomic mass is 9.90. The summed E-state index contributed by atoms with van der Waals surface area (Å²) in [5.74, 6) is 0. The van der Waals surface area contributed by atoms with E-state index in [-0.39, 0.29) is 0 Å². The van der Waals surface area contributed by atoms with Crippen LogP contribution in [-0.4, -0.2) is 24.3 Å². The number of hydrogen-bond donors (Lipinski definition) is 0. The van der Waals surface area contributed by atoms with Gasteiger partial charge in [-0.3, -0.25) is 14.4 Å². The van der Waals surface area contributed by atoms with Crippen molar-refractivity contribution >= 4 is 49.1 Å². The zero-order valence-corrected chi connectivity index (χ0v) is 26.3. The molecule has 5 heteroatoms. The molecule has 0 spiro atoms. The Bertz CT molecular complexity index is 2780. The Labute approximate surface area is 281 Å². The van der Waals surface area contributed by atoms with Gasteiger partial charge in [0.25, 0.3) is 0 Å². The smallest absolute Gasteiger partial charge is 0.178 e. The fourth-order valence-corrected chi connectivity index (χ4v) is 7.25. The van der Waals surface area contributed by atoms with Gasteiger partial charge in [0.2, 0.25) is 0 Å². The molecule has 5 aromatic heterocycles. The molecule has 10 aromatic rings. The highest BCUT2D eigenvalue weighted by molar-refractivity contribution is 6.05. The molecule has 0 saturated carbocycles. The van der Waals surface area contributed by atoms with Crippen molar-refractivity contribution in [2.45, 2.75) is 0 Å². The first-order chi connectivity index (χ1) is 24.3. The standard InChI is InChI=1S/C44H27N5/c1-4-11-36-30(8-1)23-45-25-39(36)34-20-33(21-35(22-34)40-26-46-24-31-9-2-5-12-37(31)40)28-15-17-29(18-16-28)42-38-13-6-3-10-32(38)27-49-41-14-7-19-47-43(41)48-44(42)49/h1-27H. The summed E-state index contributed by atoms with van der Waals surface area (Å²) in [6, 6.07) is 45.2. The summed E-state index contributed by atoms with van der Waals surface area (Å²) in [6.07, 6.45) is 11.8. The van der Waals surface area contributed by atoms with Gasteiger partial charge in [-0.05, 0) is 79.7 Å². The van der Waals surface area contributed by atoms with E-state index in [0.717, 1.165) is 82.9 Å². The Morgan fingerprint density at radius 2 is 1.02 bits per heavy atom. The van der Waals surface area contributed by atoms with Gasteiger partial charge < -0.3 is 0 Å². The van der Waals surface area contributed by atoms with Gasteiger partial charge in [0, 0.05) is 64.6 Å². The van der Waals surface area contributed by atoms with Crippen LogP contribution >= 0.6 is 0 Å². The molecule has 0 amide bonds. The molecule has 0 atom stereocenters. The number of pyridine rings is 4. The van der Waals surface area contributed by atoms with E-state index < -0.39 is 0 Å². The van der Waals surface area contributed by atoms with E-state index >= 15 is 0 Å². The summed E-state index contributed by atoms with van der Waals surface area (Å²) in [5.41, 5.74) is 11.5. The van der Waals surface area contributed by atoms with Crippen LogP contribution in [0.25, 0.3) is 93.6 Å². The molecule has 10 rings (SSSR count). The zero-order chi connectivity index (χ0) is 32.3. The monoisotopic (exact) mass is 625 g/mol. The average Bonchev–Trinajstić information content (AvgIpc) is 3.54. The first kappa shape index (κ1) is 27.4. The molecule has 0 radical (unpaired) electrons. The fraction of sp³-hybridized carbons (Fsp3) is 0. The molecular weight excluding hydrogens is 599 g/mol. The third-order valence-electron chi connectivity index (χ3n) is 9.59. The molecular formula is C44H27N5. The van der Waals surface area contributed by atoms with Crippen LogP contribution < -0.4 is 0 Å². The Morgan fingerprint density at radius 1 is 0.449 bits per heavy atom. The van der Waals surface area contributed by atoms with Crippen molar-refractivity contribution in [1.29, 1.82) is 0 Å². The normalized spacial score (nSPS) is 11.7. The van der Waals surface area contributed by atoms with E-state index in [2.05, 4.69) is 147 Å². The van der Waals surface area contributed by atoms with Crippen molar-refractivity contribution in [2.75, 3.05) is 0 Å². The summed E-state index contributed by atoms with van der Waals surface area (Å²) in [4.78, 5) is 18.8. The molecule has 228 valence electrons. The van der Waals surface area contributed by atoms with Gasteiger partial charge in [-0.15, -0.1) is 0 Å². The average molecular weight is 626 g/mol. The maximum atomic E-state index is 5.00. The van der Waals surface area contributed by atoms with Crippen LogP contribution in [-0.2, 0) is 0 Å². The maximum Gasteiger partial charge on any atom is 0.178 e. The Kier molecular flexibility index (Phi) is 6.11. The van der Waals surface area contributed by atoms with Crippen molar-refractivity contribution in [3.63, 3.8) is 0 Å². The minimum atomic E-state index is 0.742. The Hall–Kier alpha value is -6.72. The quantitative estimate of drug-likeness (QED) is 0.195. The number of rotatable bonds is 4. The minimum Gasteiger partial charge on any atom is -0.297 e. The maximum absolute atomic E-state index is 5.00. The van der Waals surface area contributed by atoms with Gasteiger partial charge in [0.1, 0.15) is 5.65 Å². The summed E-state index contributed by atoms with van der Waals surface area (Å²) in [7, 11) is 0. The molecule has 0 unspecified atom stereocenters. The summed E-state index contributed by atoms with van der Waals surface area (Å²) in [5, 5.41) is 6.90. The molecule has 0 aliphatic heterocycles. The number of imidazole rings is 1. The van der Waals surface area contributed by atoms with Crippen LogP contribution in [0.4, 0.5) is 0 Å². The number of hydrogen-bond acceptors (Lipinski definition) is 4. The van der Waals surface area contributed by atoms with E-state index in [1.165, 1.54) is 10.8 Å². The predicted molar refractivity (Wildman–Crippen MR) is 200 cm³/mol. The molecule has 0 bridgehead atoms. The highest BCUT2D eigenvalue weighted by Crippen LogP contribution is 2.39. The number of aromatic nitrogens is 5. The molecule has 0 fully saturated rings. The largest absolute Gasteiger partial charge is 0.297 e. The second-order valence-corrected chi connectivity index (χ2v) is 12.4. The van der Waals surface area contributed by atoms with Crippen molar-refractivity contribution < 1.29 is 0 Å². The molecule has 0 saturated heterocycles. The van der Waals surface area contributed by atoms with Crippen LogP contribution in [0.2, 0.25) is 0 Å². The summed E-state index contributed by atoms with van der Waals surface area (Å²) >= 11 is 0. The topological polar surface area (TPSA) is 56.0 Å². The molecule has 0 aliphatic carbocycles. The van der Waals surface area contributed by atoms with Gasteiger partial charge in [-0.2, -0.15) is 0 Å². The van der Waals surface area contributed by atoms with E-state index in [1.54, 1.807) is 6.20 Å². The lowest BCUT2D eigenvalue weighted by molar-refractivity contribution is 1.25. The highest BCUT2D eigenvalue weighted by atomic mass is 15.0. The van der Waals surface area contributed by atoms with Gasteiger partial charge in [-0.25, -0.2) is 9.97 Å². The lowest BCUT2D eigenvalue weighted by Gasteiger charge is -2.14. The van der Waals surface area contributed by atoms with Crippen molar-refractivity contribution in [3.05, 3.63) is 165 Å². The molecule has 5 aromatic carbocycles. The fourth-order valence-electron chi connectivity index (χ4n) is 7.25. The SMILES string of the molecule is c1ccc2c(-c3cc(-c4ccc(-c5c6ccccc6cn6c5nc5ncccc56)cc4)cc(-c4cncc5ccccc45)c3)cncc2c1. The molecule has 5 heterocycles. The van der Waals surface area contributed by atoms with Crippen LogP contribution in [0.3, 0.4) is 0 Å². The number of benzene rings is 5. The van der Waals surface area contributed by atoms with Gasteiger partial charge >= 0.3 is 0 Å². The van der Waals surface area contributed by atoms with E-state index in [1.807, 2.05) is 30.9 Å². The van der Waals surface area contributed by atoms with Gasteiger partial charge in [-0.1, -0.05) is 97.1 Å². The van der Waals surface area contributed by atoms with Crippen LogP contribution in [0.1, 0.15) is 0 Å². The molecule has 0 aliphatic rings. The molecule has 0 N–H and O–H groups in total. The van der Waals surface area contributed by atoms with Gasteiger partial charge in [0.15, 0.2) is 5.65 Å². The summed E-state index contributed by atoms with van der Waals surface area (Å²) in [6.45, 7) is 0. The summed E-state index contributed by atoms with van der Waals surface area (Å²) < 4.78 is 2.17. The van der Waals surface area contributed by atoms with E-state index in [4.69, 9.17) is 4.98 Å². The molecule has 49 heavy (non-hydrogen) atoms. The number of fused-ring (bicyclic) bond motifs is 6. The molecule has 5 nitrogen and oxygen atoms in total. The van der Waals surface area contributed by atoms with Crippen molar-refractivity contribution in [3.8, 4) is 44.5 Å². The third kappa shape index (κ3) is 4.48. The Morgan fingerprint density at radius 3 is 1.69 bits per heavy atom. The Balaban J connectivity index is 1.18. The van der Waals surface area contributed by atoms with Crippen molar-refractivity contribution in [1.82, 2.24) is 24.3 Å². The van der Waals surface area contributed by atoms with Crippen molar-refractivity contribution in [2.24, 2.45) is 0 Å². The number of nitrogens with zero attached hydrogens (tertiary/aromatic N) is 5.